The van der Waals surface area contributed by atoms with Gasteiger partial charge in [-0.05, 0) is 0 Å². The lowest BCUT2D eigenvalue weighted by Gasteiger charge is -2.05. The van der Waals surface area contributed by atoms with Gasteiger partial charge in [0.1, 0.15) is 13.1 Å². The Kier molecular flexibility index (Phi) is 4.25. The van der Waals surface area contributed by atoms with Gasteiger partial charge in [0.05, 0.1) is 0 Å². The van der Waals surface area contributed by atoms with Crippen molar-refractivity contribution >= 4 is 13.1 Å². The lowest BCUT2D eigenvalue weighted by atomic mass is 11.8. The summed E-state index contributed by atoms with van der Waals surface area (Å²) in [6.07, 6.45) is 0. The fourth-order valence-corrected chi connectivity index (χ4v) is 0. The molecule has 0 saturated heterocycles. The van der Waals surface area contributed by atoms with Gasteiger partial charge in [-0.15, -0.1) is 0 Å². The van der Waals surface area contributed by atoms with Gasteiger partial charge >= 0.3 is 0 Å². The van der Waals surface area contributed by atoms with E-state index in [-0.39, 0.29) is 5.48 Å². The molecule has 1 nitrogen and oxygen atoms in total. The Morgan fingerprint density at radius 3 is 0.833 bits per heavy atom. The molecule has 0 aliphatic heterocycles. The van der Waals surface area contributed by atoms with E-state index in [1.54, 1.807) is 0 Å². The van der Waals surface area contributed by atoms with Crippen molar-refractivity contribution in [1.82, 2.24) is 0 Å². The normalized spacial score (nSPS) is 10.0. The van der Waals surface area contributed by atoms with Gasteiger partial charge < -0.3 is 5.48 Å². The molecule has 0 rings (SSSR count). The lowest BCUT2D eigenvalue weighted by Crippen LogP contribution is -2.10. The molecule has 40 valence electrons. The van der Waals surface area contributed by atoms with E-state index in [9.17, 15) is 0 Å². The molecule has 0 aromatic rings. The third kappa shape index (κ3) is 226. The van der Waals surface area contributed by atoms with E-state index in [1.807, 2.05) is 0 Å². The third-order valence-corrected chi connectivity index (χ3v) is 0. The predicted octanol–water partition coefficient (Wildman–Crippen LogP) is 1.13. The Balaban J connectivity index is 0. The van der Waals surface area contributed by atoms with E-state index in [1.165, 1.54) is 0 Å². The zero-order valence-electron chi connectivity index (χ0n) is 5.08. The fourth-order valence-electron chi connectivity index (χ4n) is 0. The highest BCUT2D eigenvalue weighted by atomic mass is 27.2. The lowest BCUT2D eigenvalue weighted by molar-refractivity contribution is 0.824. The van der Waals surface area contributed by atoms with Crippen LogP contribution < -0.4 is 0 Å². The Bertz CT molecular complexity index is 23.0. The van der Waals surface area contributed by atoms with E-state index < -0.39 is 13.1 Å². The molecule has 0 aromatic carbocycles. The van der Waals surface area contributed by atoms with Crippen molar-refractivity contribution in [2.75, 3.05) is 0 Å². The monoisotopic (exact) mass is 105 g/mol. The van der Waals surface area contributed by atoms with E-state index in [4.69, 9.17) is 0 Å². The Labute approximate surface area is 42.4 Å². The second-order valence-electron chi connectivity index (χ2n) is 3.46. The van der Waals surface area contributed by atoms with Crippen LogP contribution in [0.5, 0.6) is 0 Å². The average molecular weight is 105 g/mol. The number of rotatable bonds is 0. The molecule has 2 N–H and O–H groups in total. The first-order chi connectivity index (χ1) is 2.00. The molecule has 0 fully saturated rings. The van der Waals surface area contributed by atoms with Gasteiger partial charge in [-0.3, -0.25) is 0 Å². The first-order valence-electron chi connectivity index (χ1n) is 2.31. The quantitative estimate of drug-likeness (QED) is 0.413. The molecule has 0 bridgehead atoms. The minimum absolute atomic E-state index is 0. The van der Waals surface area contributed by atoms with Crippen molar-refractivity contribution in [3.8, 4) is 0 Å². The van der Waals surface area contributed by atoms with E-state index >= 15 is 0 Å². The van der Waals surface area contributed by atoms with Gasteiger partial charge in [-0.25, -0.2) is 23.1 Å². The Morgan fingerprint density at radius 1 is 0.833 bits per heavy atom. The Hall–Kier alpha value is 0.492. The average Bonchev–Trinajstić information content (AvgIpc) is 0.722. The maximum atomic E-state index is 2.35. The summed E-state index contributed by atoms with van der Waals surface area (Å²) in [6.45, 7) is 0. The molecule has 0 radical (unpaired) electrons. The predicted molar refractivity (Wildman–Crippen MR) is 32.8 cm³/mol. The Morgan fingerprint density at radius 2 is 0.833 bits per heavy atom. The highest BCUT2D eigenvalue weighted by Crippen LogP contribution is 1.94. The van der Waals surface area contributed by atoms with Crippen LogP contribution >= 0.6 is 0 Å². The first-order valence-corrected chi connectivity index (χ1v) is 6.93. The van der Waals surface area contributed by atoms with Crippen molar-refractivity contribution in [1.29, 1.82) is 0 Å². The minimum atomic E-state index is -0.833. The van der Waals surface area contributed by atoms with E-state index in [0.29, 0.717) is 0 Å². The summed E-state index contributed by atoms with van der Waals surface area (Å²) >= 11 is -0.833. The van der Waals surface area contributed by atoms with Crippen molar-refractivity contribution < 1.29 is 5.48 Å². The summed E-state index contributed by atoms with van der Waals surface area (Å²) in [5.74, 6) is 9.42. The molecule has 0 unspecified atom stereocenters. The van der Waals surface area contributed by atoms with E-state index in [2.05, 4.69) is 23.1 Å². The third-order valence-electron chi connectivity index (χ3n) is 0. The maximum Gasteiger partial charge on any atom is 0.121 e. The summed E-state index contributed by atoms with van der Waals surface area (Å²) in [5.41, 5.74) is 0. The van der Waals surface area contributed by atoms with Gasteiger partial charge in [0.25, 0.3) is 0 Å². The SMILES string of the molecule is O.[CH3][Al-]([CH3])([CH3])[CH3]. The summed E-state index contributed by atoms with van der Waals surface area (Å²) in [7, 11) is 0. The standard InChI is InChI=1S/4CH3.Al.H2O/h4*1H3;;1H2/q;;;;-1;. The van der Waals surface area contributed by atoms with Crippen LogP contribution in [0.15, 0.2) is 0 Å². The molecule has 0 amide bonds. The highest BCUT2D eigenvalue weighted by molar-refractivity contribution is 6.74. The summed E-state index contributed by atoms with van der Waals surface area (Å²) in [4.78, 5) is 0. The van der Waals surface area contributed by atoms with Crippen molar-refractivity contribution in [3.05, 3.63) is 0 Å². The van der Waals surface area contributed by atoms with Crippen molar-refractivity contribution in [2.24, 2.45) is 0 Å². The summed E-state index contributed by atoms with van der Waals surface area (Å²) in [6, 6.07) is 0. The van der Waals surface area contributed by atoms with Crippen LogP contribution in [0.25, 0.3) is 0 Å². The van der Waals surface area contributed by atoms with Gasteiger partial charge in [-0.1, -0.05) is 0 Å². The van der Waals surface area contributed by atoms with Crippen LogP contribution in [-0.4, -0.2) is 18.6 Å². The van der Waals surface area contributed by atoms with E-state index in [0.717, 1.165) is 0 Å². The fraction of sp³-hybridized carbons (Fsp3) is 1.00. The number of hydrogen-bond donors (Lipinski definition) is 0. The maximum absolute atomic E-state index is 2.35. The molecule has 0 saturated carbocycles. The molecule has 0 atom stereocenters. The molecular weight excluding hydrogens is 91.0 g/mol. The summed E-state index contributed by atoms with van der Waals surface area (Å²) < 4.78 is 0. The molecule has 0 aliphatic rings. The molecular formula is C4H14AlO-. The number of hydrogen-bond acceptors (Lipinski definition) is 0. The van der Waals surface area contributed by atoms with Crippen LogP contribution in [0.3, 0.4) is 0 Å². The molecule has 0 aromatic heterocycles. The van der Waals surface area contributed by atoms with Crippen molar-refractivity contribution in [2.45, 2.75) is 23.1 Å². The molecule has 0 aliphatic carbocycles. The van der Waals surface area contributed by atoms with Gasteiger partial charge in [0.15, 0.2) is 0 Å². The second kappa shape index (κ2) is 2.63. The zero-order chi connectivity index (χ0) is 4.50. The smallest absolute Gasteiger partial charge is 0.121 e. The zero-order valence-corrected chi connectivity index (χ0v) is 6.23. The topological polar surface area (TPSA) is 31.5 Å². The largest absolute Gasteiger partial charge is 0.412 e. The second-order valence-corrected chi connectivity index (χ2v) is 10.4. The molecule has 2 heteroatoms. The van der Waals surface area contributed by atoms with Crippen LogP contribution in [0.2, 0.25) is 23.1 Å². The van der Waals surface area contributed by atoms with Gasteiger partial charge in [0.2, 0.25) is 0 Å². The first kappa shape index (κ1) is 9.70. The van der Waals surface area contributed by atoms with Gasteiger partial charge in [-0.2, -0.15) is 0 Å². The van der Waals surface area contributed by atoms with Crippen LogP contribution in [-0.2, 0) is 0 Å². The molecule has 0 heterocycles. The van der Waals surface area contributed by atoms with Crippen LogP contribution in [0.4, 0.5) is 0 Å². The highest BCUT2D eigenvalue weighted by Gasteiger charge is 1.97. The van der Waals surface area contributed by atoms with Gasteiger partial charge in [0, 0.05) is 0 Å². The molecule has 6 heavy (non-hydrogen) atoms. The van der Waals surface area contributed by atoms with Crippen LogP contribution in [0, 0.1) is 0 Å². The summed E-state index contributed by atoms with van der Waals surface area (Å²) in [5, 5.41) is 0. The van der Waals surface area contributed by atoms with Crippen molar-refractivity contribution in [3.63, 3.8) is 0 Å². The minimum Gasteiger partial charge on any atom is -0.412 e. The van der Waals surface area contributed by atoms with Crippen LogP contribution in [0.1, 0.15) is 0 Å². The molecule has 0 spiro atoms.